The highest BCUT2D eigenvalue weighted by atomic mass is 16.3. The molecule has 1 heterocycles. The second kappa shape index (κ2) is 8.21. The second-order valence-electron chi connectivity index (χ2n) is 7.96. The molecule has 3 nitrogen and oxygen atoms in total. The van der Waals surface area contributed by atoms with Gasteiger partial charge in [-0.25, -0.2) is 0 Å². The average Bonchev–Trinajstić information content (AvgIpc) is 3.26. The van der Waals surface area contributed by atoms with Gasteiger partial charge in [0.2, 0.25) is 0 Å². The van der Waals surface area contributed by atoms with Gasteiger partial charge in [0.05, 0.1) is 5.69 Å². The first kappa shape index (κ1) is 19.2. The predicted octanol–water partition coefficient (Wildman–Crippen LogP) is 8.80. The molecular weight excluding hydrogens is 404 g/mol. The first-order valence-corrected chi connectivity index (χ1v) is 11.0. The maximum atomic E-state index is 6.38. The molecule has 6 rings (SSSR count). The van der Waals surface area contributed by atoms with Crippen LogP contribution in [0.2, 0.25) is 0 Å². The van der Waals surface area contributed by atoms with Crippen molar-refractivity contribution in [3.8, 4) is 0 Å². The Bertz CT molecular complexity index is 1540. The van der Waals surface area contributed by atoms with E-state index in [-0.39, 0.29) is 0 Å². The molecule has 33 heavy (non-hydrogen) atoms. The summed E-state index contributed by atoms with van der Waals surface area (Å²) >= 11 is 0. The lowest BCUT2D eigenvalue weighted by molar-refractivity contribution is 0.669. The highest BCUT2D eigenvalue weighted by Crippen LogP contribution is 2.42. The van der Waals surface area contributed by atoms with Gasteiger partial charge >= 0.3 is 0 Å². The monoisotopic (exact) mass is 426 g/mol. The molecule has 0 atom stereocenters. The number of hydrogen-bond donors (Lipinski definition) is 1. The molecule has 0 radical (unpaired) electrons. The van der Waals surface area contributed by atoms with Crippen LogP contribution in [0.5, 0.6) is 0 Å². The lowest BCUT2D eigenvalue weighted by Crippen LogP contribution is -2.10. The summed E-state index contributed by atoms with van der Waals surface area (Å²) in [6, 6.07) is 43.6. The largest absolute Gasteiger partial charge is 0.454 e. The summed E-state index contributed by atoms with van der Waals surface area (Å²) in [4.78, 5) is 2.25. The number of nitrogens with zero attached hydrogens (tertiary/aromatic N) is 1. The summed E-state index contributed by atoms with van der Waals surface area (Å²) in [6.45, 7) is 0. The number of furan rings is 1. The van der Waals surface area contributed by atoms with Gasteiger partial charge in [0.15, 0.2) is 5.58 Å². The van der Waals surface area contributed by atoms with Crippen LogP contribution in [0.4, 0.5) is 28.4 Å². The molecule has 0 spiro atoms. The van der Waals surface area contributed by atoms with Gasteiger partial charge in [-0.2, -0.15) is 0 Å². The maximum absolute atomic E-state index is 6.38. The Morgan fingerprint density at radius 2 is 1.15 bits per heavy atom. The second-order valence-corrected chi connectivity index (χ2v) is 7.96. The highest BCUT2D eigenvalue weighted by Gasteiger charge is 2.19. The van der Waals surface area contributed by atoms with Crippen LogP contribution in [0, 0.1) is 0 Å². The van der Waals surface area contributed by atoms with E-state index in [1.165, 1.54) is 0 Å². The molecular formula is C30H22N2O. The van der Waals surface area contributed by atoms with Gasteiger partial charge in [0.25, 0.3) is 0 Å². The van der Waals surface area contributed by atoms with Crippen molar-refractivity contribution in [3.05, 3.63) is 127 Å². The SMILES string of the molecule is c1ccc(Nc2cccc(N(c3ccccc3)c3cccc4c3oc3ccccc34)c2)cc1. The molecule has 0 fully saturated rings. The van der Waals surface area contributed by atoms with Gasteiger partial charge in [-0.3, -0.25) is 0 Å². The van der Waals surface area contributed by atoms with E-state index in [9.17, 15) is 0 Å². The Balaban J connectivity index is 1.53. The van der Waals surface area contributed by atoms with Crippen molar-refractivity contribution < 1.29 is 4.42 Å². The van der Waals surface area contributed by atoms with Crippen LogP contribution in [0.3, 0.4) is 0 Å². The van der Waals surface area contributed by atoms with Crippen molar-refractivity contribution >= 4 is 50.4 Å². The topological polar surface area (TPSA) is 28.4 Å². The molecule has 0 saturated heterocycles. The lowest BCUT2D eigenvalue weighted by Gasteiger charge is -2.26. The highest BCUT2D eigenvalue weighted by molar-refractivity contribution is 6.10. The quantitative estimate of drug-likeness (QED) is 0.298. The average molecular weight is 427 g/mol. The van der Waals surface area contributed by atoms with E-state index in [0.717, 1.165) is 50.4 Å². The minimum absolute atomic E-state index is 0.879. The van der Waals surface area contributed by atoms with Crippen LogP contribution >= 0.6 is 0 Å². The van der Waals surface area contributed by atoms with E-state index in [2.05, 4.69) is 101 Å². The Morgan fingerprint density at radius 3 is 2.00 bits per heavy atom. The van der Waals surface area contributed by atoms with Crippen LogP contribution < -0.4 is 10.2 Å². The number of para-hydroxylation sites is 4. The van der Waals surface area contributed by atoms with Crippen molar-refractivity contribution in [2.24, 2.45) is 0 Å². The first-order chi connectivity index (χ1) is 16.4. The van der Waals surface area contributed by atoms with Crippen LogP contribution in [0.1, 0.15) is 0 Å². The summed E-state index contributed by atoms with van der Waals surface area (Å²) < 4.78 is 6.38. The maximum Gasteiger partial charge on any atom is 0.159 e. The van der Waals surface area contributed by atoms with Crippen LogP contribution in [0.15, 0.2) is 132 Å². The molecule has 1 aromatic heterocycles. The summed E-state index contributed by atoms with van der Waals surface area (Å²) in [5.41, 5.74) is 6.98. The third-order valence-corrected chi connectivity index (χ3v) is 5.81. The Morgan fingerprint density at radius 1 is 0.515 bits per heavy atom. The molecule has 3 heteroatoms. The van der Waals surface area contributed by atoms with Gasteiger partial charge in [-0.15, -0.1) is 0 Å². The van der Waals surface area contributed by atoms with Crippen LogP contribution in [-0.4, -0.2) is 0 Å². The smallest absolute Gasteiger partial charge is 0.159 e. The number of nitrogens with one attached hydrogen (secondary N) is 1. The van der Waals surface area contributed by atoms with E-state index in [4.69, 9.17) is 4.42 Å². The zero-order chi connectivity index (χ0) is 22.0. The third-order valence-electron chi connectivity index (χ3n) is 5.81. The van der Waals surface area contributed by atoms with Gasteiger partial charge < -0.3 is 14.6 Å². The van der Waals surface area contributed by atoms with Crippen molar-refractivity contribution in [2.45, 2.75) is 0 Å². The molecule has 6 aromatic rings. The summed E-state index contributed by atoms with van der Waals surface area (Å²) in [6.07, 6.45) is 0. The van der Waals surface area contributed by atoms with Crippen molar-refractivity contribution in [2.75, 3.05) is 10.2 Å². The fourth-order valence-electron chi connectivity index (χ4n) is 4.32. The van der Waals surface area contributed by atoms with Crippen LogP contribution in [0.25, 0.3) is 21.9 Å². The Hall–Kier alpha value is -4.50. The number of hydrogen-bond acceptors (Lipinski definition) is 3. The Labute approximate surface area is 192 Å². The normalized spacial score (nSPS) is 11.0. The van der Waals surface area contributed by atoms with Crippen molar-refractivity contribution in [1.82, 2.24) is 0 Å². The van der Waals surface area contributed by atoms with Gasteiger partial charge in [0.1, 0.15) is 5.58 Å². The third kappa shape index (κ3) is 3.60. The molecule has 0 aliphatic rings. The van der Waals surface area contributed by atoms with Gasteiger partial charge in [-0.05, 0) is 54.6 Å². The zero-order valence-electron chi connectivity index (χ0n) is 18.0. The fourth-order valence-corrected chi connectivity index (χ4v) is 4.32. The minimum Gasteiger partial charge on any atom is -0.454 e. The Kier molecular flexibility index (Phi) is 4.78. The molecule has 0 unspecified atom stereocenters. The van der Waals surface area contributed by atoms with Crippen molar-refractivity contribution in [3.63, 3.8) is 0 Å². The summed E-state index contributed by atoms with van der Waals surface area (Å²) in [5.74, 6) is 0. The van der Waals surface area contributed by atoms with Gasteiger partial charge in [0, 0.05) is 33.5 Å². The molecule has 158 valence electrons. The van der Waals surface area contributed by atoms with E-state index in [0.29, 0.717) is 0 Å². The lowest BCUT2D eigenvalue weighted by atomic mass is 10.1. The fraction of sp³-hybridized carbons (Fsp3) is 0. The molecule has 0 aliphatic heterocycles. The van der Waals surface area contributed by atoms with Crippen molar-refractivity contribution in [1.29, 1.82) is 0 Å². The standard InChI is InChI=1S/C30H22N2O/c1-3-11-22(12-4-1)31-23-13-9-16-25(21-23)32(24-14-5-2-6-15-24)28-19-10-18-27-26-17-7-8-20-29(26)33-30(27)28/h1-21,31H. The minimum atomic E-state index is 0.879. The number of fused-ring (bicyclic) bond motifs is 3. The number of benzene rings is 5. The molecule has 0 saturated carbocycles. The summed E-state index contributed by atoms with van der Waals surface area (Å²) in [7, 11) is 0. The zero-order valence-corrected chi connectivity index (χ0v) is 18.0. The van der Waals surface area contributed by atoms with Crippen LogP contribution in [-0.2, 0) is 0 Å². The number of rotatable bonds is 5. The molecule has 0 amide bonds. The van der Waals surface area contributed by atoms with E-state index in [1.807, 2.05) is 36.4 Å². The predicted molar refractivity (Wildman–Crippen MR) is 138 cm³/mol. The van der Waals surface area contributed by atoms with E-state index < -0.39 is 0 Å². The summed E-state index contributed by atoms with van der Waals surface area (Å²) in [5, 5.41) is 5.75. The first-order valence-electron chi connectivity index (χ1n) is 11.0. The molecule has 5 aromatic carbocycles. The molecule has 1 N–H and O–H groups in total. The van der Waals surface area contributed by atoms with Gasteiger partial charge in [-0.1, -0.05) is 72.8 Å². The van der Waals surface area contributed by atoms with E-state index in [1.54, 1.807) is 0 Å². The molecule has 0 bridgehead atoms. The van der Waals surface area contributed by atoms with E-state index >= 15 is 0 Å². The molecule has 0 aliphatic carbocycles. The number of anilines is 5.